The van der Waals surface area contributed by atoms with Crippen LogP contribution < -0.4 is 10.2 Å². The van der Waals surface area contributed by atoms with E-state index in [1.54, 1.807) is 12.1 Å². The van der Waals surface area contributed by atoms with Gasteiger partial charge in [-0.2, -0.15) is 0 Å². The van der Waals surface area contributed by atoms with E-state index in [0.29, 0.717) is 10.2 Å². The molecule has 3 aromatic carbocycles. The van der Waals surface area contributed by atoms with Crippen LogP contribution in [-0.4, -0.2) is 15.6 Å². The molecular weight excluding hydrogens is 334 g/mol. The zero-order valence-corrected chi connectivity index (χ0v) is 14.2. The van der Waals surface area contributed by atoms with Gasteiger partial charge in [-0.1, -0.05) is 53.8 Å². The fourth-order valence-corrected chi connectivity index (χ4v) is 3.76. The van der Waals surface area contributed by atoms with Gasteiger partial charge in [0.05, 0.1) is 15.8 Å². The molecule has 4 aromatic rings. The minimum Gasteiger partial charge on any atom is -0.506 e. The van der Waals surface area contributed by atoms with Crippen molar-refractivity contribution in [3.63, 3.8) is 0 Å². The Kier molecular flexibility index (Phi) is 3.74. The van der Waals surface area contributed by atoms with Crippen molar-refractivity contribution < 1.29 is 9.90 Å². The van der Waals surface area contributed by atoms with Crippen molar-refractivity contribution in [1.29, 1.82) is 0 Å². The molecule has 0 saturated carbocycles. The van der Waals surface area contributed by atoms with Gasteiger partial charge >= 0.3 is 0 Å². The van der Waals surface area contributed by atoms with Crippen molar-refractivity contribution in [3.8, 4) is 5.75 Å². The first-order chi connectivity index (χ1) is 12.1. The number of nitrogens with one attached hydrogen (secondary N) is 1. The fraction of sp³-hybridized carbons (Fsp3) is 0.0526. The van der Waals surface area contributed by atoms with Gasteiger partial charge in [0.15, 0.2) is 0 Å². The number of carbonyl (C=O) groups excluding carboxylic acids is 1. The summed E-state index contributed by atoms with van der Waals surface area (Å²) in [5, 5.41) is 16.1. The number of nitrogens with zero attached hydrogens (tertiary/aromatic N) is 2. The lowest BCUT2D eigenvalue weighted by molar-refractivity contribution is 0.0950. The number of aromatic nitrogens is 1. The number of benzene rings is 3. The third kappa shape index (κ3) is 2.66. The maximum atomic E-state index is 12.4. The van der Waals surface area contributed by atoms with Crippen LogP contribution in [-0.2, 0) is 7.05 Å². The van der Waals surface area contributed by atoms with E-state index in [1.807, 2.05) is 60.1 Å². The van der Waals surface area contributed by atoms with E-state index in [0.717, 1.165) is 15.6 Å². The number of hydrogen-bond acceptors (Lipinski definition) is 4. The van der Waals surface area contributed by atoms with Gasteiger partial charge in [0.2, 0.25) is 4.80 Å². The van der Waals surface area contributed by atoms with Gasteiger partial charge in [0.1, 0.15) is 5.75 Å². The molecule has 0 radical (unpaired) electrons. The summed E-state index contributed by atoms with van der Waals surface area (Å²) in [6, 6.07) is 18.7. The molecule has 0 atom stereocenters. The fourth-order valence-electron chi connectivity index (χ4n) is 2.79. The monoisotopic (exact) mass is 349 g/mol. The highest BCUT2D eigenvalue weighted by Crippen LogP contribution is 2.28. The summed E-state index contributed by atoms with van der Waals surface area (Å²) in [5.41, 5.74) is 3.79. The van der Waals surface area contributed by atoms with Crippen molar-refractivity contribution in [3.05, 3.63) is 71.0 Å². The number of phenolic OH excluding ortho intramolecular Hbond substituents is 1. The summed E-state index contributed by atoms with van der Waals surface area (Å²) in [7, 11) is 1.90. The SMILES string of the molecule is Cn1/c(=N/NC(=O)c2ccc3ccccc3c2O)sc2ccccc21. The highest BCUT2D eigenvalue weighted by molar-refractivity contribution is 7.16. The molecule has 0 bridgehead atoms. The number of rotatable bonds is 2. The molecule has 4 rings (SSSR count). The summed E-state index contributed by atoms with van der Waals surface area (Å²) in [5.74, 6) is -0.479. The lowest BCUT2D eigenvalue weighted by Crippen LogP contribution is -2.23. The summed E-state index contributed by atoms with van der Waals surface area (Å²) in [6.07, 6.45) is 0. The first kappa shape index (κ1) is 15.4. The standard InChI is InChI=1S/C19H15N3O2S/c1-22-15-8-4-5-9-16(15)25-19(22)21-20-18(24)14-11-10-12-6-2-3-7-13(12)17(14)23/h2-11,23H,1H3,(H,20,24)/b21-19-. The van der Waals surface area contributed by atoms with Crippen LogP contribution in [0.25, 0.3) is 21.0 Å². The Bertz CT molecular complexity index is 1170. The number of amides is 1. The van der Waals surface area contributed by atoms with E-state index in [-0.39, 0.29) is 11.3 Å². The molecule has 0 fully saturated rings. The van der Waals surface area contributed by atoms with Crippen molar-refractivity contribution in [2.24, 2.45) is 12.1 Å². The quantitative estimate of drug-likeness (QED) is 0.545. The molecule has 0 unspecified atom stereocenters. The molecule has 2 N–H and O–H groups in total. The van der Waals surface area contributed by atoms with Gasteiger partial charge in [0.25, 0.3) is 5.91 Å². The molecule has 0 aliphatic heterocycles. The number of aryl methyl sites for hydroxylation is 1. The van der Waals surface area contributed by atoms with E-state index < -0.39 is 5.91 Å². The number of aromatic hydroxyl groups is 1. The van der Waals surface area contributed by atoms with Crippen molar-refractivity contribution in [2.45, 2.75) is 0 Å². The average Bonchev–Trinajstić information content (AvgIpc) is 2.96. The van der Waals surface area contributed by atoms with Crippen molar-refractivity contribution >= 4 is 38.2 Å². The van der Waals surface area contributed by atoms with Crippen LogP contribution in [0, 0.1) is 0 Å². The molecule has 1 heterocycles. The minimum absolute atomic E-state index is 0.0356. The van der Waals surface area contributed by atoms with Crippen molar-refractivity contribution in [2.75, 3.05) is 0 Å². The topological polar surface area (TPSA) is 66.6 Å². The highest BCUT2D eigenvalue weighted by Gasteiger charge is 2.13. The normalized spacial score (nSPS) is 12.0. The second-order valence-electron chi connectivity index (χ2n) is 5.65. The molecular formula is C19H15N3O2S. The van der Waals surface area contributed by atoms with Gasteiger partial charge in [-0.05, 0) is 23.6 Å². The third-order valence-electron chi connectivity index (χ3n) is 4.11. The van der Waals surface area contributed by atoms with Crippen molar-refractivity contribution in [1.82, 2.24) is 9.99 Å². The second-order valence-corrected chi connectivity index (χ2v) is 6.66. The smallest absolute Gasteiger partial charge is 0.275 e. The molecule has 1 amide bonds. The molecule has 0 saturated heterocycles. The highest BCUT2D eigenvalue weighted by atomic mass is 32.1. The molecule has 0 aliphatic rings. The lowest BCUT2D eigenvalue weighted by atomic mass is 10.1. The average molecular weight is 349 g/mol. The maximum Gasteiger partial charge on any atom is 0.275 e. The Morgan fingerprint density at radius 2 is 1.84 bits per heavy atom. The molecule has 124 valence electrons. The largest absolute Gasteiger partial charge is 0.506 e. The third-order valence-corrected chi connectivity index (χ3v) is 5.23. The molecule has 1 aromatic heterocycles. The van der Waals surface area contributed by atoms with Crippen LogP contribution in [0.15, 0.2) is 65.8 Å². The van der Waals surface area contributed by atoms with E-state index >= 15 is 0 Å². The molecule has 6 heteroatoms. The van der Waals surface area contributed by atoms with Crippen LogP contribution >= 0.6 is 11.3 Å². The number of para-hydroxylation sites is 1. The Balaban J connectivity index is 1.70. The zero-order valence-electron chi connectivity index (χ0n) is 13.4. The van der Waals surface area contributed by atoms with Crippen LogP contribution in [0.4, 0.5) is 0 Å². The maximum absolute atomic E-state index is 12.4. The Hall–Kier alpha value is -3.12. The molecule has 0 aliphatic carbocycles. The summed E-state index contributed by atoms with van der Waals surface area (Å²) >= 11 is 1.49. The number of carbonyl (C=O) groups is 1. The van der Waals surface area contributed by atoms with Crippen LogP contribution in [0.3, 0.4) is 0 Å². The predicted molar refractivity (Wildman–Crippen MR) is 99.4 cm³/mol. The van der Waals surface area contributed by atoms with Crippen LogP contribution in [0.2, 0.25) is 0 Å². The van der Waals surface area contributed by atoms with Gasteiger partial charge < -0.3 is 9.67 Å². The first-order valence-electron chi connectivity index (χ1n) is 7.74. The Labute approximate surface area is 147 Å². The zero-order chi connectivity index (χ0) is 17.4. The number of hydrogen-bond donors (Lipinski definition) is 2. The van der Waals surface area contributed by atoms with Crippen LogP contribution in [0.1, 0.15) is 10.4 Å². The second kappa shape index (κ2) is 6.07. The first-order valence-corrected chi connectivity index (χ1v) is 8.56. The molecule has 25 heavy (non-hydrogen) atoms. The predicted octanol–water partition coefficient (Wildman–Crippen LogP) is 3.34. The van der Waals surface area contributed by atoms with Gasteiger partial charge in [-0.3, -0.25) is 4.79 Å². The molecule has 0 spiro atoms. The lowest BCUT2D eigenvalue weighted by Gasteiger charge is -2.06. The Morgan fingerprint density at radius 1 is 1.08 bits per heavy atom. The summed E-state index contributed by atoms with van der Waals surface area (Å²) in [4.78, 5) is 13.1. The molecule has 5 nitrogen and oxygen atoms in total. The minimum atomic E-state index is -0.444. The van der Waals surface area contributed by atoms with E-state index in [9.17, 15) is 9.90 Å². The summed E-state index contributed by atoms with van der Waals surface area (Å²) in [6.45, 7) is 0. The van der Waals surface area contributed by atoms with E-state index in [1.165, 1.54) is 11.3 Å². The van der Waals surface area contributed by atoms with Gasteiger partial charge in [0, 0.05) is 12.4 Å². The Morgan fingerprint density at radius 3 is 2.68 bits per heavy atom. The van der Waals surface area contributed by atoms with E-state index in [2.05, 4.69) is 10.5 Å². The van der Waals surface area contributed by atoms with Gasteiger partial charge in [-0.15, -0.1) is 5.10 Å². The van der Waals surface area contributed by atoms with Gasteiger partial charge in [-0.25, -0.2) is 5.43 Å². The van der Waals surface area contributed by atoms with E-state index in [4.69, 9.17) is 0 Å². The number of fused-ring (bicyclic) bond motifs is 2. The number of thiazole rings is 1. The summed E-state index contributed by atoms with van der Waals surface area (Å²) < 4.78 is 3.01. The van der Waals surface area contributed by atoms with Crippen LogP contribution in [0.5, 0.6) is 5.75 Å². The number of phenols is 1.